The Hall–Kier alpha value is -1.36. The van der Waals surface area contributed by atoms with Crippen molar-refractivity contribution in [1.29, 1.82) is 0 Å². The number of hydrogen-bond acceptors (Lipinski definition) is 3. The van der Waals surface area contributed by atoms with Crippen molar-refractivity contribution in [1.82, 2.24) is 14.7 Å². The van der Waals surface area contributed by atoms with Gasteiger partial charge >= 0.3 is 0 Å². The summed E-state index contributed by atoms with van der Waals surface area (Å²) in [6.45, 7) is 4.71. The summed E-state index contributed by atoms with van der Waals surface area (Å²) in [7, 11) is 1.84. The molecule has 0 bridgehead atoms. The van der Waals surface area contributed by atoms with Gasteiger partial charge in [-0.2, -0.15) is 5.10 Å². The van der Waals surface area contributed by atoms with Gasteiger partial charge in [-0.25, -0.2) is 0 Å². The lowest BCUT2D eigenvalue weighted by Gasteiger charge is -2.47. The first-order valence-electron chi connectivity index (χ1n) is 6.44. The van der Waals surface area contributed by atoms with E-state index in [0.29, 0.717) is 24.6 Å². The zero-order valence-electron chi connectivity index (χ0n) is 11.1. The fraction of sp³-hybridized carbons (Fsp3) is 0.692. The Labute approximate surface area is 106 Å². The quantitative estimate of drug-likeness (QED) is 0.836. The molecule has 0 unspecified atom stereocenters. The minimum absolute atomic E-state index is 0.00317. The smallest absolute Gasteiger partial charge is 0.257 e. The zero-order valence-corrected chi connectivity index (χ0v) is 11.1. The lowest BCUT2D eigenvalue weighted by molar-refractivity contribution is -0.0958. The second kappa shape index (κ2) is 3.57. The first-order valence-corrected chi connectivity index (χ1v) is 6.44. The molecular formula is C13H19N3O2. The predicted molar refractivity (Wildman–Crippen MR) is 66.3 cm³/mol. The van der Waals surface area contributed by atoms with Crippen molar-refractivity contribution < 1.29 is 9.90 Å². The Morgan fingerprint density at radius 3 is 2.44 bits per heavy atom. The first-order chi connectivity index (χ1) is 8.42. The summed E-state index contributed by atoms with van der Waals surface area (Å²) < 4.78 is 1.73. The van der Waals surface area contributed by atoms with Gasteiger partial charge in [0.05, 0.1) is 24.3 Å². The van der Waals surface area contributed by atoms with E-state index in [-0.39, 0.29) is 5.91 Å². The monoisotopic (exact) mass is 249 g/mol. The van der Waals surface area contributed by atoms with Gasteiger partial charge in [-0.3, -0.25) is 9.48 Å². The number of nitrogens with zero attached hydrogens (tertiary/aromatic N) is 3. The largest absolute Gasteiger partial charge is 0.386 e. The fourth-order valence-electron chi connectivity index (χ4n) is 2.88. The van der Waals surface area contributed by atoms with Crippen molar-refractivity contribution >= 4 is 5.91 Å². The van der Waals surface area contributed by atoms with Crippen molar-refractivity contribution in [2.45, 2.75) is 32.3 Å². The maximum Gasteiger partial charge on any atom is 0.257 e. The van der Waals surface area contributed by atoms with E-state index in [1.165, 1.54) is 0 Å². The summed E-state index contributed by atoms with van der Waals surface area (Å²) in [4.78, 5) is 14.1. The summed E-state index contributed by atoms with van der Waals surface area (Å²) in [6, 6.07) is 0. The van der Waals surface area contributed by atoms with Crippen LogP contribution < -0.4 is 0 Å². The van der Waals surface area contributed by atoms with Crippen LogP contribution in [0, 0.1) is 19.8 Å². The number of aliphatic hydroxyl groups is 1. The standard InChI is InChI=1S/C13H19N3O2/c1-8-11(9(2)15(3)14-8)12(17)16-6-13(18,7-16)10-4-5-10/h10,18H,4-7H2,1-3H3. The van der Waals surface area contributed by atoms with Crippen LogP contribution in [0.1, 0.15) is 34.6 Å². The molecule has 2 aliphatic rings. The highest BCUT2D eigenvalue weighted by atomic mass is 16.3. The molecule has 1 aromatic rings. The Morgan fingerprint density at radius 2 is 2.00 bits per heavy atom. The Balaban J connectivity index is 1.76. The van der Waals surface area contributed by atoms with E-state index in [4.69, 9.17) is 0 Å². The molecule has 3 rings (SSSR count). The van der Waals surface area contributed by atoms with Gasteiger partial charge in [0.2, 0.25) is 0 Å². The third-order valence-corrected chi connectivity index (χ3v) is 4.28. The van der Waals surface area contributed by atoms with Gasteiger partial charge in [0.15, 0.2) is 0 Å². The van der Waals surface area contributed by atoms with Crippen LogP contribution in [-0.2, 0) is 7.05 Å². The molecule has 1 aromatic heterocycles. The van der Waals surface area contributed by atoms with Gasteiger partial charge in [0.1, 0.15) is 5.60 Å². The number of carbonyl (C=O) groups excluding carboxylic acids is 1. The zero-order chi connectivity index (χ0) is 13.1. The minimum Gasteiger partial charge on any atom is -0.386 e. The van der Waals surface area contributed by atoms with Crippen LogP contribution in [0.2, 0.25) is 0 Å². The number of aromatic nitrogens is 2. The Bertz CT molecular complexity index is 511. The van der Waals surface area contributed by atoms with Crippen molar-refractivity contribution in [3.8, 4) is 0 Å². The summed E-state index contributed by atoms with van der Waals surface area (Å²) in [5, 5.41) is 14.5. The van der Waals surface area contributed by atoms with Crippen LogP contribution in [0.15, 0.2) is 0 Å². The highest BCUT2D eigenvalue weighted by Crippen LogP contribution is 2.44. The van der Waals surface area contributed by atoms with Crippen LogP contribution in [0.5, 0.6) is 0 Å². The van der Waals surface area contributed by atoms with E-state index < -0.39 is 5.60 Å². The summed E-state index contributed by atoms with van der Waals surface area (Å²) >= 11 is 0. The van der Waals surface area contributed by atoms with Crippen LogP contribution >= 0.6 is 0 Å². The van der Waals surface area contributed by atoms with E-state index in [1.807, 2.05) is 20.9 Å². The molecule has 1 saturated heterocycles. The first kappa shape index (κ1) is 11.7. The lowest BCUT2D eigenvalue weighted by atomic mass is 9.88. The second-order valence-corrected chi connectivity index (χ2v) is 5.71. The van der Waals surface area contributed by atoms with E-state index in [0.717, 1.165) is 24.2 Å². The van der Waals surface area contributed by atoms with Crippen LogP contribution in [0.4, 0.5) is 0 Å². The molecule has 0 aromatic carbocycles. The molecule has 18 heavy (non-hydrogen) atoms. The lowest BCUT2D eigenvalue weighted by Crippen LogP contribution is -2.64. The van der Waals surface area contributed by atoms with E-state index >= 15 is 0 Å². The van der Waals surface area contributed by atoms with Gasteiger partial charge in [-0.15, -0.1) is 0 Å². The summed E-state index contributed by atoms with van der Waals surface area (Å²) in [6.07, 6.45) is 2.20. The molecule has 5 heteroatoms. The number of β-amino-alcohol motifs (C(OH)–C–C–N with tert-alkyl or cyclic N) is 1. The molecular weight excluding hydrogens is 230 g/mol. The fourth-order valence-corrected chi connectivity index (χ4v) is 2.88. The SMILES string of the molecule is Cc1nn(C)c(C)c1C(=O)N1CC(O)(C2CC2)C1. The minimum atomic E-state index is -0.611. The average Bonchev–Trinajstić information content (AvgIpc) is 3.04. The highest BCUT2D eigenvalue weighted by Gasteiger charge is 2.53. The number of aryl methyl sites for hydroxylation is 2. The predicted octanol–water partition coefficient (Wildman–Crippen LogP) is 0.634. The summed E-state index contributed by atoms with van der Waals surface area (Å²) in [5.74, 6) is 0.418. The van der Waals surface area contributed by atoms with E-state index in [2.05, 4.69) is 5.10 Å². The van der Waals surface area contributed by atoms with Crippen LogP contribution in [0.25, 0.3) is 0 Å². The average molecular weight is 249 g/mol. The third kappa shape index (κ3) is 1.57. The molecule has 1 amide bonds. The molecule has 2 heterocycles. The van der Waals surface area contributed by atoms with E-state index in [1.54, 1.807) is 9.58 Å². The number of amides is 1. The number of rotatable bonds is 2. The maximum absolute atomic E-state index is 12.4. The molecule has 1 saturated carbocycles. The van der Waals surface area contributed by atoms with Crippen LogP contribution in [-0.4, -0.2) is 44.4 Å². The normalized spacial score (nSPS) is 21.9. The Morgan fingerprint density at radius 1 is 1.39 bits per heavy atom. The third-order valence-electron chi connectivity index (χ3n) is 4.28. The Kier molecular flexibility index (Phi) is 2.32. The van der Waals surface area contributed by atoms with Crippen molar-refractivity contribution in [2.24, 2.45) is 13.0 Å². The molecule has 1 N–H and O–H groups in total. The molecule has 1 aliphatic carbocycles. The van der Waals surface area contributed by atoms with Gasteiger partial charge in [-0.05, 0) is 32.6 Å². The molecule has 98 valence electrons. The van der Waals surface area contributed by atoms with Crippen molar-refractivity contribution in [3.63, 3.8) is 0 Å². The van der Waals surface area contributed by atoms with Crippen LogP contribution in [0.3, 0.4) is 0 Å². The van der Waals surface area contributed by atoms with Crippen molar-refractivity contribution in [3.05, 3.63) is 17.0 Å². The summed E-state index contributed by atoms with van der Waals surface area (Å²) in [5.41, 5.74) is 1.73. The molecule has 5 nitrogen and oxygen atoms in total. The molecule has 0 radical (unpaired) electrons. The number of hydrogen-bond donors (Lipinski definition) is 1. The van der Waals surface area contributed by atoms with Gasteiger partial charge in [-0.1, -0.05) is 0 Å². The molecule has 0 atom stereocenters. The highest BCUT2D eigenvalue weighted by molar-refractivity contribution is 5.97. The molecule has 2 fully saturated rings. The van der Waals surface area contributed by atoms with E-state index in [9.17, 15) is 9.90 Å². The van der Waals surface area contributed by atoms with Crippen molar-refractivity contribution in [2.75, 3.05) is 13.1 Å². The van der Waals surface area contributed by atoms with Gasteiger partial charge < -0.3 is 10.0 Å². The van der Waals surface area contributed by atoms with Gasteiger partial charge in [0.25, 0.3) is 5.91 Å². The van der Waals surface area contributed by atoms with Gasteiger partial charge in [0, 0.05) is 12.7 Å². The second-order valence-electron chi connectivity index (χ2n) is 5.71. The number of likely N-dealkylation sites (tertiary alicyclic amines) is 1. The molecule has 1 aliphatic heterocycles. The topological polar surface area (TPSA) is 58.4 Å². The maximum atomic E-state index is 12.4. The number of carbonyl (C=O) groups is 1. The molecule has 0 spiro atoms.